The van der Waals surface area contributed by atoms with Crippen LogP contribution in [0.3, 0.4) is 0 Å². The van der Waals surface area contributed by atoms with Crippen LogP contribution in [0.5, 0.6) is 5.75 Å². The lowest BCUT2D eigenvalue weighted by Gasteiger charge is -2.39. The lowest BCUT2D eigenvalue weighted by molar-refractivity contribution is -0.117. The molecule has 0 saturated carbocycles. The molecule has 1 aromatic rings. The van der Waals surface area contributed by atoms with Gasteiger partial charge in [0.15, 0.2) is 0 Å². The topological polar surface area (TPSA) is 75.8 Å². The molecule has 0 aromatic heterocycles. The van der Waals surface area contributed by atoms with E-state index in [9.17, 15) is 9.90 Å². The van der Waals surface area contributed by atoms with Gasteiger partial charge in [0.05, 0.1) is 18.3 Å². The molecule has 0 spiro atoms. The summed E-state index contributed by atoms with van der Waals surface area (Å²) in [6.45, 7) is 6.03. The van der Waals surface area contributed by atoms with E-state index in [1.54, 1.807) is 23.1 Å². The standard InChI is InChI=1S/C14H20N2O3/c1-9(17)16-8-14(2,3)19-13-5-4-10(6-11(13)16)12(18)7-15/h4-6,12,18H,7-8,15H2,1-3H3. The number of carbonyl (C=O) groups excluding carboxylic acids is 1. The highest BCUT2D eigenvalue weighted by Crippen LogP contribution is 2.38. The fraction of sp³-hybridized carbons (Fsp3) is 0.500. The maximum absolute atomic E-state index is 11.8. The van der Waals surface area contributed by atoms with E-state index in [0.717, 1.165) is 0 Å². The van der Waals surface area contributed by atoms with Gasteiger partial charge in [0.25, 0.3) is 0 Å². The number of carbonyl (C=O) groups is 1. The predicted octanol–water partition coefficient (Wildman–Crippen LogP) is 1.20. The average Bonchev–Trinajstić information content (AvgIpc) is 2.35. The van der Waals surface area contributed by atoms with E-state index in [1.807, 2.05) is 13.8 Å². The number of aliphatic hydroxyl groups is 1. The number of benzene rings is 1. The van der Waals surface area contributed by atoms with Crippen molar-refractivity contribution in [3.05, 3.63) is 23.8 Å². The van der Waals surface area contributed by atoms with Gasteiger partial charge in [0.1, 0.15) is 11.4 Å². The van der Waals surface area contributed by atoms with Gasteiger partial charge in [0, 0.05) is 13.5 Å². The van der Waals surface area contributed by atoms with Crippen molar-refractivity contribution in [2.24, 2.45) is 5.73 Å². The molecular weight excluding hydrogens is 244 g/mol. The van der Waals surface area contributed by atoms with Crippen LogP contribution in [0.1, 0.15) is 32.4 Å². The number of aliphatic hydroxyl groups excluding tert-OH is 1. The number of rotatable bonds is 2. The number of amides is 1. The van der Waals surface area contributed by atoms with Crippen LogP contribution in [0.25, 0.3) is 0 Å². The Morgan fingerprint density at radius 3 is 2.84 bits per heavy atom. The van der Waals surface area contributed by atoms with Crippen LogP contribution in [-0.2, 0) is 4.79 Å². The summed E-state index contributed by atoms with van der Waals surface area (Å²) in [5.41, 5.74) is 6.41. The number of nitrogens with zero attached hydrogens (tertiary/aromatic N) is 1. The van der Waals surface area contributed by atoms with Crippen molar-refractivity contribution in [3.63, 3.8) is 0 Å². The molecule has 1 aliphatic rings. The van der Waals surface area contributed by atoms with E-state index in [4.69, 9.17) is 10.5 Å². The molecule has 3 N–H and O–H groups in total. The molecular formula is C14H20N2O3. The molecule has 1 heterocycles. The van der Waals surface area contributed by atoms with Crippen LogP contribution in [-0.4, -0.2) is 29.7 Å². The maximum atomic E-state index is 11.8. The first-order valence-electron chi connectivity index (χ1n) is 6.33. The molecule has 5 nitrogen and oxygen atoms in total. The van der Waals surface area contributed by atoms with Crippen molar-refractivity contribution < 1.29 is 14.6 Å². The quantitative estimate of drug-likeness (QED) is 0.841. The van der Waals surface area contributed by atoms with E-state index >= 15 is 0 Å². The minimum atomic E-state index is -0.728. The van der Waals surface area contributed by atoms with Crippen molar-refractivity contribution in [1.82, 2.24) is 0 Å². The fourth-order valence-electron chi connectivity index (χ4n) is 2.25. The van der Waals surface area contributed by atoms with Crippen LogP contribution < -0.4 is 15.4 Å². The summed E-state index contributed by atoms with van der Waals surface area (Å²) in [5.74, 6) is 0.608. The van der Waals surface area contributed by atoms with Gasteiger partial charge in [-0.1, -0.05) is 6.07 Å². The van der Waals surface area contributed by atoms with Crippen molar-refractivity contribution >= 4 is 11.6 Å². The van der Waals surface area contributed by atoms with E-state index in [-0.39, 0.29) is 12.5 Å². The third kappa shape index (κ3) is 2.72. The van der Waals surface area contributed by atoms with Gasteiger partial charge in [-0.3, -0.25) is 4.79 Å². The summed E-state index contributed by atoms with van der Waals surface area (Å²) in [6.07, 6.45) is -0.728. The largest absolute Gasteiger partial charge is 0.484 e. The van der Waals surface area contributed by atoms with Gasteiger partial charge in [-0.05, 0) is 31.5 Å². The SMILES string of the molecule is CC(=O)N1CC(C)(C)Oc2ccc(C(O)CN)cc21. The van der Waals surface area contributed by atoms with Crippen LogP contribution in [0.15, 0.2) is 18.2 Å². The molecule has 1 aromatic carbocycles. The molecule has 1 amide bonds. The van der Waals surface area contributed by atoms with E-state index in [2.05, 4.69) is 0 Å². The highest BCUT2D eigenvalue weighted by atomic mass is 16.5. The van der Waals surface area contributed by atoms with Gasteiger partial charge in [-0.15, -0.1) is 0 Å². The molecule has 0 fully saturated rings. The minimum absolute atomic E-state index is 0.0444. The summed E-state index contributed by atoms with van der Waals surface area (Å²) in [4.78, 5) is 13.5. The van der Waals surface area contributed by atoms with Crippen molar-refractivity contribution in [2.45, 2.75) is 32.5 Å². The summed E-state index contributed by atoms with van der Waals surface area (Å²) in [7, 11) is 0. The van der Waals surface area contributed by atoms with E-state index in [0.29, 0.717) is 23.5 Å². The molecule has 5 heteroatoms. The average molecular weight is 264 g/mol. The Kier molecular flexibility index (Phi) is 3.52. The summed E-state index contributed by atoms with van der Waals surface area (Å²) >= 11 is 0. The van der Waals surface area contributed by atoms with Crippen molar-refractivity contribution in [2.75, 3.05) is 18.0 Å². The van der Waals surface area contributed by atoms with Gasteiger partial charge in [-0.25, -0.2) is 0 Å². The van der Waals surface area contributed by atoms with Crippen LogP contribution >= 0.6 is 0 Å². The summed E-state index contributed by atoms with van der Waals surface area (Å²) in [5, 5.41) is 9.79. The number of hydrogen-bond acceptors (Lipinski definition) is 4. The predicted molar refractivity (Wildman–Crippen MR) is 73.2 cm³/mol. The summed E-state index contributed by atoms with van der Waals surface area (Å²) < 4.78 is 5.86. The molecule has 0 bridgehead atoms. The first kappa shape index (κ1) is 13.8. The second-order valence-corrected chi connectivity index (χ2v) is 5.45. The van der Waals surface area contributed by atoms with Crippen LogP contribution in [0.2, 0.25) is 0 Å². The van der Waals surface area contributed by atoms with Crippen molar-refractivity contribution in [3.8, 4) is 5.75 Å². The van der Waals surface area contributed by atoms with Gasteiger partial charge in [0.2, 0.25) is 5.91 Å². The molecule has 1 unspecified atom stereocenters. The Balaban J connectivity index is 2.46. The first-order chi connectivity index (χ1) is 8.84. The molecule has 0 saturated heterocycles. The number of ether oxygens (including phenoxy) is 1. The second kappa shape index (κ2) is 4.83. The van der Waals surface area contributed by atoms with Gasteiger partial charge >= 0.3 is 0 Å². The Labute approximate surface area is 113 Å². The lowest BCUT2D eigenvalue weighted by Crippen LogP contribution is -2.48. The van der Waals surface area contributed by atoms with Gasteiger partial charge in [-0.2, -0.15) is 0 Å². The fourth-order valence-corrected chi connectivity index (χ4v) is 2.25. The number of hydrogen-bond donors (Lipinski definition) is 2. The van der Waals surface area contributed by atoms with Gasteiger partial charge < -0.3 is 20.5 Å². The van der Waals surface area contributed by atoms with Crippen molar-refractivity contribution in [1.29, 1.82) is 0 Å². The Morgan fingerprint density at radius 1 is 1.58 bits per heavy atom. The third-order valence-electron chi connectivity index (χ3n) is 3.19. The Bertz CT molecular complexity index is 499. The third-order valence-corrected chi connectivity index (χ3v) is 3.19. The second-order valence-electron chi connectivity index (χ2n) is 5.45. The minimum Gasteiger partial charge on any atom is -0.484 e. The number of anilines is 1. The first-order valence-corrected chi connectivity index (χ1v) is 6.33. The molecule has 2 rings (SSSR count). The molecule has 1 atom stereocenters. The highest BCUT2D eigenvalue weighted by molar-refractivity contribution is 5.94. The molecule has 0 radical (unpaired) electrons. The van der Waals surface area contributed by atoms with E-state index < -0.39 is 11.7 Å². The zero-order valence-electron chi connectivity index (χ0n) is 11.5. The molecule has 0 aliphatic carbocycles. The highest BCUT2D eigenvalue weighted by Gasteiger charge is 2.33. The Morgan fingerprint density at radius 2 is 2.26 bits per heavy atom. The maximum Gasteiger partial charge on any atom is 0.224 e. The molecule has 104 valence electrons. The van der Waals surface area contributed by atoms with Crippen LogP contribution in [0.4, 0.5) is 5.69 Å². The number of fused-ring (bicyclic) bond motifs is 1. The Hall–Kier alpha value is -1.59. The zero-order chi connectivity index (χ0) is 14.2. The smallest absolute Gasteiger partial charge is 0.224 e. The monoisotopic (exact) mass is 264 g/mol. The normalized spacial score (nSPS) is 18.5. The lowest BCUT2D eigenvalue weighted by atomic mass is 10.0. The zero-order valence-corrected chi connectivity index (χ0v) is 11.5. The summed E-state index contributed by atoms with van der Waals surface area (Å²) in [6, 6.07) is 5.32. The number of nitrogens with two attached hydrogens (primary N) is 1. The molecule has 1 aliphatic heterocycles. The molecule has 19 heavy (non-hydrogen) atoms. The van der Waals surface area contributed by atoms with E-state index in [1.165, 1.54) is 6.92 Å². The van der Waals surface area contributed by atoms with Crippen LogP contribution in [0, 0.1) is 0 Å².